The maximum Gasteiger partial charge on any atom is 0.263 e. The van der Waals surface area contributed by atoms with Crippen LogP contribution in [0.3, 0.4) is 0 Å². The van der Waals surface area contributed by atoms with Crippen LogP contribution in [0.15, 0.2) is 23.5 Å². The number of nitrogens with zero attached hydrogens (tertiary/aromatic N) is 6. The number of pyridine rings is 1. The Morgan fingerprint density at radius 1 is 1.29 bits per heavy atom. The molecule has 0 spiro atoms. The first-order chi connectivity index (χ1) is 15.1. The fourth-order valence-corrected chi connectivity index (χ4v) is 4.39. The molecule has 5 rings (SSSR count). The van der Waals surface area contributed by atoms with Crippen LogP contribution in [-0.4, -0.2) is 83.4 Å². The van der Waals surface area contributed by atoms with Crippen LogP contribution in [0, 0.1) is 0 Å². The van der Waals surface area contributed by atoms with Gasteiger partial charge in [0.1, 0.15) is 5.56 Å². The molecule has 164 valence electrons. The molecule has 0 radical (unpaired) electrons. The van der Waals surface area contributed by atoms with Crippen LogP contribution in [0.1, 0.15) is 16.8 Å². The van der Waals surface area contributed by atoms with Crippen molar-refractivity contribution in [2.75, 3.05) is 55.3 Å². The molecule has 2 atom stereocenters. The Morgan fingerprint density at radius 2 is 2.13 bits per heavy atom. The summed E-state index contributed by atoms with van der Waals surface area (Å²) in [6.07, 6.45) is 4.33. The molecule has 3 N–H and O–H groups in total. The van der Waals surface area contributed by atoms with Gasteiger partial charge in [0.05, 0.1) is 30.7 Å². The predicted octanol–water partition coefficient (Wildman–Crippen LogP) is 1.08. The highest BCUT2D eigenvalue weighted by Gasteiger charge is 2.29. The van der Waals surface area contributed by atoms with Crippen LogP contribution in [-0.2, 0) is 11.3 Å². The Kier molecular flexibility index (Phi) is 5.28. The number of aromatic nitrogens is 3. The lowest BCUT2D eigenvalue weighted by Crippen LogP contribution is -2.50. The number of aliphatic imine (C=N–C) groups is 1. The zero-order chi connectivity index (χ0) is 21.4. The topological polar surface area (TPSA) is 114 Å². The molecule has 0 aliphatic carbocycles. The summed E-state index contributed by atoms with van der Waals surface area (Å²) in [7, 11) is 0. The van der Waals surface area contributed by atoms with E-state index >= 15 is 0 Å². The highest BCUT2D eigenvalue weighted by atomic mass is 19.1. The highest BCUT2D eigenvalue weighted by molar-refractivity contribution is 6.11. The number of alkyl halides is 1. The maximum atomic E-state index is 13.6. The number of carbonyl (C=O) groups excluding carboxylic acids is 1. The summed E-state index contributed by atoms with van der Waals surface area (Å²) >= 11 is 0. The molecule has 2 fully saturated rings. The molecule has 3 aliphatic rings. The van der Waals surface area contributed by atoms with Gasteiger partial charge in [0, 0.05) is 51.2 Å². The number of amides is 1. The van der Waals surface area contributed by atoms with Gasteiger partial charge in [-0.05, 0) is 12.5 Å². The molecule has 31 heavy (non-hydrogen) atoms. The fraction of sp³-hybridized carbons (Fsp3) is 0.500. The molecule has 3 aliphatic heterocycles. The summed E-state index contributed by atoms with van der Waals surface area (Å²) in [6.45, 7) is 5.20. The van der Waals surface area contributed by atoms with E-state index in [-0.39, 0.29) is 23.7 Å². The number of fused-ring (bicyclic) bond motifs is 1. The summed E-state index contributed by atoms with van der Waals surface area (Å²) in [5, 5.41) is 6.96. The van der Waals surface area contributed by atoms with Crippen molar-refractivity contribution >= 4 is 35.1 Å². The van der Waals surface area contributed by atoms with E-state index in [0.29, 0.717) is 11.7 Å². The second kappa shape index (κ2) is 8.23. The van der Waals surface area contributed by atoms with Crippen LogP contribution < -0.4 is 16.0 Å². The van der Waals surface area contributed by atoms with Crippen LogP contribution in [0.25, 0.3) is 0 Å². The minimum atomic E-state index is -1.25. The average Bonchev–Trinajstić information content (AvgIpc) is 3.41. The quantitative estimate of drug-likeness (QED) is 0.749. The SMILES string of the molecule is Nc1nn2c(c1C(=O)Nc1cnccc1N1CCN([C@H]3CCOC3)CC1)N=CC(F)C2. The van der Waals surface area contributed by atoms with Crippen molar-refractivity contribution < 1.29 is 13.9 Å². The first kappa shape index (κ1) is 19.9. The molecule has 1 amide bonds. The van der Waals surface area contributed by atoms with Gasteiger partial charge >= 0.3 is 0 Å². The van der Waals surface area contributed by atoms with Gasteiger partial charge in [0.15, 0.2) is 17.8 Å². The number of hydrogen-bond donors (Lipinski definition) is 2. The lowest BCUT2D eigenvalue weighted by atomic mass is 10.1. The third-order valence-corrected chi connectivity index (χ3v) is 6.01. The number of nitrogens with one attached hydrogen (secondary N) is 1. The number of ether oxygens (including phenoxy) is 1. The van der Waals surface area contributed by atoms with Gasteiger partial charge in [0.2, 0.25) is 0 Å². The van der Waals surface area contributed by atoms with Crippen molar-refractivity contribution in [2.24, 2.45) is 4.99 Å². The molecule has 10 nitrogen and oxygen atoms in total. The van der Waals surface area contributed by atoms with Gasteiger partial charge < -0.3 is 20.7 Å². The third kappa shape index (κ3) is 3.86. The Morgan fingerprint density at radius 3 is 2.90 bits per heavy atom. The van der Waals surface area contributed by atoms with Crippen molar-refractivity contribution in [1.82, 2.24) is 19.7 Å². The normalized spacial score (nSPS) is 23.7. The summed E-state index contributed by atoms with van der Waals surface area (Å²) < 4.78 is 20.4. The summed E-state index contributed by atoms with van der Waals surface area (Å²) in [6, 6.07) is 2.40. The lowest BCUT2D eigenvalue weighted by molar-refractivity contribution is 0.102. The van der Waals surface area contributed by atoms with Gasteiger partial charge in [0.25, 0.3) is 5.91 Å². The van der Waals surface area contributed by atoms with Crippen molar-refractivity contribution in [3.63, 3.8) is 0 Å². The first-order valence-corrected chi connectivity index (χ1v) is 10.5. The van der Waals surface area contributed by atoms with Crippen molar-refractivity contribution in [3.05, 3.63) is 24.0 Å². The largest absolute Gasteiger partial charge is 0.381 e. The maximum absolute atomic E-state index is 13.6. The molecule has 1 unspecified atom stereocenters. The molecule has 2 saturated heterocycles. The number of halogens is 1. The molecule has 11 heteroatoms. The molecular weight excluding hydrogens is 403 g/mol. The van der Waals surface area contributed by atoms with Crippen molar-refractivity contribution in [3.8, 4) is 0 Å². The number of hydrogen-bond acceptors (Lipinski definition) is 8. The molecule has 0 saturated carbocycles. The monoisotopic (exact) mass is 428 g/mol. The third-order valence-electron chi connectivity index (χ3n) is 6.01. The standard InChI is InChI=1S/C20H25FN8O2/c21-13-9-24-19-17(18(22)26-29(19)11-13)20(30)25-15-10-23-3-1-16(15)28-6-4-27(5-7-28)14-2-8-31-12-14/h1,3,9-10,13-14H,2,4-8,11-12H2,(H2,22,26)(H,25,30)/t13?,14-/m0/s1. The van der Waals surface area contributed by atoms with E-state index in [2.05, 4.69) is 30.2 Å². The highest BCUT2D eigenvalue weighted by Crippen LogP contribution is 2.31. The second-order valence-corrected chi connectivity index (χ2v) is 7.95. The van der Waals surface area contributed by atoms with Gasteiger partial charge in [-0.15, -0.1) is 0 Å². The predicted molar refractivity (Wildman–Crippen MR) is 115 cm³/mol. The number of nitrogen functional groups attached to an aromatic ring is 1. The van der Waals surface area contributed by atoms with E-state index in [9.17, 15) is 9.18 Å². The minimum absolute atomic E-state index is 0.00916. The molecule has 0 bridgehead atoms. The fourth-order valence-electron chi connectivity index (χ4n) is 4.39. The smallest absolute Gasteiger partial charge is 0.263 e. The van der Waals surface area contributed by atoms with E-state index in [1.807, 2.05) is 6.07 Å². The minimum Gasteiger partial charge on any atom is -0.381 e. The number of piperazine rings is 1. The zero-order valence-electron chi connectivity index (χ0n) is 17.1. The van der Waals surface area contributed by atoms with Crippen molar-refractivity contribution in [1.29, 1.82) is 0 Å². The Bertz CT molecular complexity index is 995. The van der Waals surface area contributed by atoms with Gasteiger partial charge in [-0.2, -0.15) is 5.10 Å². The second-order valence-electron chi connectivity index (χ2n) is 7.95. The van der Waals surface area contributed by atoms with Crippen LogP contribution >= 0.6 is 0 Å². The summed E-state index contributed by atoms with van der Waals surface area (Å²) in [4.78, 5) is 25.9. The Balaban J connectivity index is 1.32. The Hall–Kier alpha value is -3.05. The van der Waals surface area contributed by atoms with E-state index in [0.717, 1.165) is 57.7 Å². The Labute approximate surface area is 178 Å². The number of anilines is 3. The summed E-state index contributed by atoms with van der Waals surface area (Å²) in [5.74, 6) is -0.150. The van der Waals surface area contributed by atoms with E-state index < -0.39 is 12.1 Å². The number of nitrogens with two attached hydrogens (primary N) is 1. The molecule has 5 heterocycles. The van der Waals surface area contributed by atoms with E-state index in [1.165, 1.54) is 4.68 Å². The number of rotatable bonds is 4. The first-order valence-electron chi connectivity index (χ1n) is 10.5. The average molecular weight is 428 g/mol. The van der Waals surface area contributed by atoms with E-state index in [4.69, 9.17) is 10.5 Å². The van der Waals surface area contributed by atoms with Gasteiger partial charge in [-0.1, -0.05) is 0 Å². The molecule has 2 aromatic rings. The molecular formula is C20H25FN8O2. The van der Waals surface area contributed by atoms with Gasteiger partial charge in [-0.3, -0.25) is 14.7 Å². The zero-order valence-corrected chi connectivity index (χ0v) is 17.1. The van der Waals surface area contributed by atoms with Gasteiger partial charge in [-0.25, -0.2) is 14.1 Å². The van der Waals surface area contributed by atoms with Crippen LogP contribution in [0.4, 0.5) is 27.4 Å². The van der Waals surface area contributed by atoms with Crippen LogP contribution in [0.5, 0.6) is 0 Å². The van der Waals surface area contributed by atoms with E-state index in [1.54, 1.807) is 12.4 Å². The van der Waals surface area contributed by atoms with Crippen LogP contribution in [0.2, 0.25) is 0 Å². The molecule has 0 aromatic carbocycles. The number of carbonyl (C=O) groups is 1. The van der Waals surface area contributed by atoms with Crippen molar-refractivity contribution in [2.45, 2.75) is 25.2 Å². The molecule has 2 aromatic heterocycles. The summed E-state index contributed by atoms with van der Waals surface area (Å²) in [5.41, 5.74) is 7.58. The lowest BCUT2D eigenvalue weighted by Gasteiger charge is -2.39.